The van der Waals surface area contributed by atoms with E-state index in [0.717, 1.165) is 24.0 Å². The summed E-state index contributed by atoms with van der Waals surface area (Å²) < 4.78 is 11.1. The van der Waals surface area contributed by atoms with Crippen molar-refractivity contribution in [2.45, 2.75) is 19.4 Å². The van der Waals surface area contributed by atoms with Gasteiger partial charge in [-0.25, -0.2) is 9.97 Å². The third kappa shape index (κ3) is 4.95. The molecule has 5 rings (SSSR count). The second-order valence-electron chi connectivity index (χ2n) is 8.16. The smallest absolute Gasteiger partial charge is 0.294 e. The molecular formula is C27H23N5O4. The zero-order valence-electron chi connectivity index (χ0n) is 19.2. The van der Waals surface area contributed by atoms with Gasteiger partial charge in [0.15, 0.2) is 5.76 Å². The molecular weight excluding hydrogens is 458 g/mol. The number of hydrogen-bond acceptors (Lipinski definition) is 7. The number of amides is 2. The van der Waals surface area contributed by atoms with Crippen LogP contribution in [-0.2, 0) is 20.8 Å². The topological polar surface area (TPSA) is 128 Å². The summed E-state index contributed by atoms with van der Waals surface area (Å²) in [5.41, 5.74) is 8.77. The molecule has 3 aromatic rings. The Labute approximate surface area is 207 Å². The van der Waals surface area contributed by atoms with Crippen LogP contribution in [0.2, 0.25) is 0 Å². The largest absolute Gasteiger partial charge is 0.465 e. The van der Waals surface area contributed by atoms with Crippen LogP contribution in [0.3, 0.4) is 0 Å². The third-order valence-electron chi connectivity index (χ3n) is 5.70. The second-order valence-corrected chi connectivity index (χ2v) is 8.16. The van der Waals surface area contributed by atoms with Crippen molar-refractivity contribution in [2.24, 2.45) is 5.73 Å². The minimum Gasteiger partial charge on any atom is -0.465 e. The quantitative estimate of drug-likeness (QED) is 0.459. The summed E-state index contributed by atoms with van der Waals surface area (Å²) in [6.45, 7) is 0.424. The Balaban J connectivity index is 1.25. The summed E-state index contributed by atoms with van der Waals surface area (Å²) in [6.07, 6.45) is 11.9. The van der Waals surface area contributed by atoms with E-state index in [1.165, 1.54) is 18.9 Å². The lowest BCUT2D eigenvalue weighted by molar-refractivity contribution is -0.115. The number of carbonyl (C=O) groups excluding carboxylic acids is 2. The van der Waals surface area contributed by atoms with Crippen LogP contribution in [0.25, 0.3) is 10.9 Å². The van der Waals surface area contributed by atoms with E-state index >= 15 is 0 Å². The fourth-order valence-corrected chi connectivity index (χ4v) is 3.94. The van der Waals surface area contributed by atoms with Crippen molar-refractivity contribution in [1.82, 2.24) is 9.97 Å². The number of primary amides is 1. The van der Waals surface area contributed by atoms with Crippen molar-refractivity contribution in [3.05, 3.63) is 108 Å². The molecule has 9 heteroatoms. The first-order chi connectivity index (χ1) is 17.6. The van der Waals surface area contributed by atoms with Crippen LogP contribution in [-0.4, -0.2) is 21.8 Å². The molecule has 0 unspecified atom stereocenters. The van der Waals surface area contributed by atoms with E-state index in [2.05, 4.69) is 26.7 Å². The number of nitrogens with two attached hydrogens (primary N) is 1. The van der Waals surface area contributed by atoms with Gasteiger partial charge in [-0.3, -0.25) is 9.59 Å². The lowest BCUT2D eigenvalue weighted by Gasteiger charge is -2.19. The molecule has 2 amide bonds. The number of allylic oxidation sites excluding steroid dienone is 4. The zero-order valence-corrected chi connectivity index (χ0v) is 19.2. The highest BCUT2D eigenvalue weighted by Gasteiger charge is 2.21. The molecule has 1 aromatic heterocycles. The van der Waals surface area contributed by atoms with Crippen LogP contribution >= 0.6 is 0 Å². The number of benzene rings is 2. The van der Waals surface area contributed by atoms with Crippen molar-refractivity contribution in [2.75, 3.05) is 10.6 Å². The van der Waals surface area contributed by atoms with Crippen LogP contribution < -0.4 is 16.4 Å². The Bertz CT molecular complexity index is 1470. The molecule has 9 nitrogen and oxygen atoms in total. The second kappa shape index (κ2) is 10.1. The summed E-state index contributed by atoms with van der Waals surface area (Å²) in [7, 11) is 0. The summed E-state index contributed by atoms with van der Waals surface area (Å²) in [4.78, 5) is 33.0. The maximum absolute atomic E-state index is 12.8. The summed E-state index contributed by atoms with van der Waals surface area (Å²) in [5.74, 6) is 0.205. The van der Waals surface area contributed by atoms with Gasteiger partial charge in [-0.15, -0.1) is 0 Å². The van der Waals surface area contributed by atoms with E-state index in [1.54, 1.807) is 18.2 Å². The molecule has 180 valence electrons. The Hall–Kier alpha value is -4.92. The molecule has 1 aliphatic heterocycles. The number of hydrogen-bond donors (Lipinski definition) is 3. The van der Waals surface area contributed by atoms with Crippen molar-refractivity contribution in [3.63, 3.8) is 0 Å². The first-order valence-electron chi connectivity index (χ1n) is 11.4. The summed E-state index contributed by atoms with van der Waals surface area (Å²) >= 11 is 0. The van der Waals surface area contributed by atoms with Gasteiger partial charge in [0.1, 0.15) is 24.7 Å². The maximum Gasteiger partial charge on any atom is 0.294 e. The van der Waals surface area contributed by atoms with E-state index in [-0.39, 0.29) is 5.76 Å². The van der Waals surface area contributed by atoms with E-state index in [4.69, 9.17) is 15.2 Å². The van der Waals surface area contributed by atoms with Gasteiger partial charge in [0.2, 0.25) is 5.76 Å². The SMILES string of the molecule is NC(=O)c1cccc2c(NCc3cccc(NC(=O)C4=COC=C(C5=CC=CCC5)O4)c3)ncnc12. The maximum atomic E-state index is 12.8. The first-order valence-corrected chi connectivity index (χ1v) is 11.4. The van der Waals surface area contributed by atoms with Gasteiger partial charge in [0, 0.05) is 17.6 Å². The molecule has 2 heterocycles. The molecule has 0 bridgehead atoms. The summed E-state index contributed by atoms with van der Waals surface area (Å²) in [5, 5.41) is 6.80. The van der Waals surface area contributed by atoms with Gasteiger partial charge >= 0.3 is 0 Å². The van der Waals surface area contributed by atoms with Crippen LogP contribution in [0.5, 0.6) is 0 Å². The van der Waals surface area contributed by atoms with Crippen LogP contribution in [0, 0.1) is 0 Å². The standard InChI is InChI=1S/C27H23N5O4/c28-25(33)20-10-5-11-21-24(20)30-16-31-26(21)29-13-17-6-4-9-19(12-17)32-27(34)23-15-35-14-22(36-23)18-7-2-1-3-8-18/h1-2,4-7,9-12,14-16H,3,8,13H2,(H2,28,33)(H,32,34)(H,29,30,31). The highest BCUT2D eigenvalue weighted by atomic mass is 16.5. The van der Waals surface area contributed by atoms with E-state index < -0.39 is 11.8 Å². The van der Waals surface area contributed by atoms with E-state index in [1.807, 2.05) is 36.4 Å². The normalized spacial score (nSPS) is 14.6. The molecule has 2 aliphatic rings. The van der Waals surface area contributed by atoms with Gasteiger partial charge in [-0.2, -0.15) is 0 Å². The molecule has 36 heavy (non-hydrogen) atoms. The number of nitrogens with one attached hydrogen (secondary N) is 2. The number of aromatic nitrogens is 2. The Morgan fingerprint density at radius 1 is 1.08 bits per heavy atom. The number of anilines is 2. The molecule has 0 fully saturated rings. The van der Waals surface area contributed by atoms with Gasteiger partial charge in [-0.1, -0.05) is 36.4 Å². The lowest BCUT2D eigenvalue weighted by atomic mass is 10.0. The van der Waals surface area contributed by atoms with Crippen molar-refractivity contribution < 1.29 is 19.1 Å². The number of ether oxygens (including phenoxy) is 2. The van der Waals surface area contributed by atoms with Gasteiger partial charge in [-0.05, 0) is 48.2 Å². The van der Waals surface area contributed by atoms with Gasteiger partial charge < -0.3 is 25.8 Å². The predicted molar refractivity (Wildman–Crippen MR) is 135 cm³/mol. The number of rotatable bonds is 7. The minimum atomic E-state index is -0.550. The first kappa shape index (κ1) is 22.9. The van der Waals surface area contributed by atoms with E-state index in [9.17, 15) is 9.59 Å². The van der Waals surface area contributed by atoms with Crippen molar-refractivity contribution in [3.8, 4) is 0 Å². The Morgan fingerprint density at radius 3 is 2.81 bits per heavy atom. The lowest BCUT2D eigenvalue weighted by Crippen LogP contribution is -2.19. The predicted octanol–water partition coefficient (Wildman–Crippen LogP) is 4.29. The van der Waals surface area contributed by atoms with Crippen LogP contribution in [0.15, 0.2) is 96.6 Å². The van der Waals surface area contributed by atoms with Crippen LogP contribution in [0.4, 0.5) is 11.5 Å². The molecule has 0 radical (unpaired) electrons. The zero-order chi connectivity index (χ0) is 24.9. The molecule has 0 atom stereocenters. The van der Waals surface area contributed by atoms with Crippen molar-refractivity contribution in [1.29, 1.82) is 0 Å². The minimum absolute atomic E-state index is 0.0733. The number of carbonyl (C=O) groups is 2. The highest BCUT2D eigenvalue weighted by Crippen LogP contribution is 2.27. The molecule has 0 saturated carbocycles. The molecule has 0 spiro atoms. The fourth-order valence-electron chi connectivity index (χ4n) is 3.94. The fraction of sp³-hybridized carbons (Fsp3) is 0.111. The van der Waals surface area contributed by atoms with Crippen molar-refractivity contribution >= 4 is 34.2 Å². The molecule has 2 aromatic carbocycles. The Kier molecular flexibility index (Phi) is 6.44. The number of para-hydroxylation sites is 1. The molecule has 1 aliphatic carbocycles. The van der Waals surface area contributed by atoms with E-state index in [0.29, 0.717) is 40.3 Å². The van der Waals surface area contributed by atoms with Gasteiger partial charge in [0.25, 0.3) is 11.8 Å². The average Bonchev–Trinajstić information content (AvgIpc) is 2.92. The average molecular weight is 482 g/mol. The number of nitrogens with zero attached hydrogens (tertiary/aromatic N) is 2. The summed E-state index contributed by atoms with van der Waals surface area (Å²) in [6, 6.07) is 12.6. The monoisotopic (exact) mass is 481 g/mol. The molecule has 4 N–H and O–H groups in total. The molecule has 0 saturated heterocycles. The Morgan fingerprint density at radius 2 is 1.97 bits per heavy atom. The van der Waals surface area contributed by atoms with Crippen LogP contribution in [0.1, 0.15) is 28.8 Å². The third-order valence-corrected chi connectivity index (χ3v) is 5.70. The highest BCUT2D eigenvalue weighted by molar-refractivity contribution is 6.07. The number of fused-ring (bicyclic) bond motifs is 1. The van der Waals surface area contributed by atoms with Gasteiger partial charge in [0.05, 0.1) is 11.1 Å².